The molecule has 0 fully saturated rings. The zero-order chi connectivity index (χ0) is 16.1. The number of benzene rings is 1. The van der Waals surface area contributed by atoms with Crippen LogP contribution in [0, 0.1) is 11.7 Å². The van der Waals surface area contributed by atoms with Crippen LogP contribution >= 0.6 is 0 Å². The summed E-state index contributed by atoms with van der Waals surface area (Å²) in [6.07, 6.45) is 0.304. The van der Waals surface area contributed by atoms with E-state index in [1.165, 1.54) is 18.2 Å². The van der Waals surface area contributed by atoms with Gasteiger partial charge in [-0.25, -0.2) is 4.39 Å². The Balaban J connectivity index is 2.01. The van der Waals surface area contributed by atoms with Crippen LogP contribution in [0.5, 0.6) is 0 Å². The SMILES string of the molecule is CC(C)CC(=O)NNC(=O)c1ccc(-c2ccccc2F)o1. The van der Waals surface area contributed by atoms with Crippen molar-refractivity contribution in [3.05, 3.63) is 48.0 Å². The molecule has 0 spiro atoms. The molecule has 2 N–H and O–H groups in total. The lowest BCUT2D eigenvalue weighted by atomic mass is 10.1. The van der Waals surface area contributed by atoms with Crippen LogP contribution in [0.3, 0.4) is 0 Å². The van der Waals surface area contributed by atoms with Gasteiger partial charge in [0.2, 0.25) is 5.91 Å². The van der Waals surface area contributed by atoms with Crippen molar-refractivity contribution in [3.8, 4) is 11.3 Å². The third kappa shape index (κ3) is 3.94. The van der Waals surface area contributed by atoms with Crippen molar-refractivity contribution in [2.45, 2.75) is 20.3 Å². The number of furan rings is 1. The quantitative estimate of drug-likeness (QED) is 0.853. The van der Waals surface area contributed by atoms with Gasteiger partial charge in [0.1, 0.15) is 11.6 Å². The van der Waals surface area contributed by atoms with Crippen LogP contribution in [-0.4, -0.2) is 11.8 Å². The summed E-state index contributed by atoms with van der Waals surface area (Å²) < 4.78 is 19.0. The molecule has 1 aromatic carbocycles. The zero-order valence-electron chi connectivity index (χ0n) is 12.4. The number of amides is 2. The first-order valence-corrected chi connectivity index (χ1v) is 6.91. The molecule has 0 bridgehead atoms. The van der Waals surface area contributed by atoms with Crippen molar-refractivity contribution in [1.29, 1.82) is 0 Å². The van der Waals surface area contributed by atoms with E-state index < -0.39 is 11.7 Å². The molecule has 0 saturated carbocycles. The standard InChI is InChI=1S/C16H17FN2O3/c1-10(2)9-15(20)18-19-16(21)14-8-7-13(22-14)11-5-3-4-6-12(11)17/h3-8,10H,9H2,1-2H3,(H,18,20)(H,19,21). The van der Waals surface area contributed by atoms with Crippen molar-refractivity contribution in [3.63, 3.8) is 0 Å². The summed E-state index contributed by atoms with van der Waals surface area (Å²) in [6, 6.07) is 9.03. The molecule has 22 heavy (non-hydrogen) atoms. The lowest BCUT2D eigenvalue weighted by Crippen LogP contribution is -2.41. The second kappa shape index (κ2) is 6.89. The molecule has 0 aliphatic carbocycles. The molecule has 2 rings (SSSR count). The molecule has 0 saturated heterocycles. The van der Waals surface area contributed by atoms with Crippen molar-refractivity contribution in [2.75, 3.05) is 0 Å². The fourth-order valence-corrected chi connectivity index (χ4v) is 1.88. The topological polar surface area (TPSA) is 71.3 Å². The Labute approximate surface area is 127 Å². The maximum absolute atomic E-state index is 13.6. The largest absolute Gasteiger partial charge is 0.451 e. The molecule has 0 unspecified atom stereocenters. The van der Waals surface area contributed by atoms with E-state index in [2.05, 4.69) is 10.9 Å². The number of halogens is 1. The molecule has 116 valence electrons. The highest BCUT2D eigenvalue weighted by molar-refractivity contribution is 5.93. The first-order chi connectivity index (χ1) is 10.5. The van der Waals surface area contributed by atoms with Gasteiger partial charge in [-0.2, -0.15) is 0 Å². The molecule has 1 aromatic heterocycles. The number of hydrogen-bond donors (Lipinski definition) is 2. The number of carbonyl (C=O) groups is 2. The number of nitrogens with one attached hydrogen (secondary N) is 2. The second-order valence-corrected chi connectivity index (χ2v) is 5.24. The smallest absolute Gasteiger partial charge is 0.305 e. The fraction of sp³-hybridized carbons (Fsp3) is 0.250. The summed E-state index contributed by atoms with van der Waals surface area (Å²) in [5.74, 6) is -0.897. The van der Waals surface area contributed by atoms with Crippen LogP contribution in [0.1, 0.15) is 30.8 Å². The van der Waals surface area contributed by atoms with Gasteiger partial charge >= 0.3 is 5.91 Å². The molecule has 5 nitrogen and oxygen atoms in total. The Morgan fingerprint density at radius 3 is 2.55 bits per heavy atom. The van der Waals surface area contributed by atoms with Gasteiger partial charge in [0.15, 0.2) is 5.76 Å². The maximum Gasteiger partial charge on any atom is 0.305 e. The molecular formula is C16H17FN2O3. The molecule has 6 heteroatoms. The Morgan fingerprint density at radius 2 is 1.86 bits per heavy atom. The molecular weight excluding hydrogens is 287 g/mol. The minimum Gasteiger partial charge on any atom is -0.451 e. The molecule has 2 amide bonds. The third-order valence-electron chi connectivity index (χ3n) is 2.88. The molecule has 1 heterocycles. The predicted molar refractivity (Wildman–Crippen MR) is 79.2 cm³/mol. The summed E-state index contributed by atoms with van der Waals surface area (Å²) in [5.41, 5.74) is 4.83. The van der Waals surface area contributed by atoms with E-state index in [0.717, 1.165) is 0 Å². The minimum absolute atomic E-state index is 0.0110. The normalized spacial score (nSPS) is 10.5. The molecule has 2 aromatic rings. The van der Waals surface area contributed by atoms with Crippen molar-refractivity contribution >= 4 is 11.8 Å². The summed E-state index contributed by atoms with van der Waals surface area (Å²) in [4.78, 5) is 23.3. The fourth-order valence-electron chi connectivity index (χ4n) is 1.88. The van der Waals surface area contributed by atoms with Gasteiger partial charge in [-0.1, -0.05) is 26.0 Å². The van der Waals surface area contributed by atoms with Crippen LogP contribution < -0.4 is 10.9 Å². The molecule has 0 radical (unpaired) electrons. The highest BCUT2D eigenvalue weighted by Gasteiger charge is 2.15. The average molecular weight is 304 g/mol. The van der Waals surface area contributed by atoms with Crippen LogP contribution in [0.25, 0.3) is 11.3 Å². The molecule has 0 aliphatic rings. The summed E-state index contributed by atoms with van der Waals surface area (Å²) in [7, 11) is 0. The van der Waals surface area contributed by atoms with Crippen molar-refractivity contribution in [1.82, 2.24) is 10.9 Å². The Kier molecular flexibility index (Phi) is 4.93. The number of carbonyl (C=O) groups excluding carboxylic acids is 2. The van der Waals surface area contributed by atoms with Crippen LogP contribution in [-0.2, 0) is 4.79 Å². The van der Waals surface area contributed by atoms with E-state index >= 15 is 0 Å². The van der Waals surface area contributed by atoms with Gasteiger partial charge < -0.3 is 4.42 Å². The summed E-state index contributed by atoms with van der Waals surface area (Å²) in [6.45, 7) is 3.79. The van der Waals surface area contributed by atoms with Gasteiger partial charge in [-0.15, -0.1) is 0 Å². The van der Waals surface area contributed by atoms with Crippen LogP contribution in [0.15, 0.2) is 40.8 Å². The number of hydrazine groups is 1. The Hall–Kier alpha value is -2.63. The van der Waals surface area contributed by atoms with E-state index in [-0.39, 0.29) is 28.9 Å². The van der Waals surface area contributed by atoms with E-state index in [1.54, 1.807) is 18.2 Å². The monoisotopic (exact) mass is 304 g/mol. The Morgan fingerprint density at radius 1 is 1.14 bits per heavy atom. The number of rotatable bonds is 4. The minimum atomic E-state index is -0.598. The van der Waals surface area contributed by atoms with Gasteiger partial charge in [0, 0.05) is 6.42 Å². The van der Waals surface area contributed by atoms with Crippen molar-refractivity contribution in [2.24, 2.45) is 5.92 Å². The van der Waals surface area contributed by atoms with Gasteiger partial charge in [0.25, 0.3) is 0 Å². The van der Waals surface area contributed by atoms with Gasteiger partial charge in [-0.3, -0.25) is 20.4 Å². The average Bonchev–Trinajstić information content (AvgIpc) is 2.94. The first-order valence-electron chi connectivity index (χ1n) is 6.91. The van der Waals surface area contributed by atoms with Crippen LogP contribution in [0.2, 0.25) is 0 Å². The maximum atomic E-state index is 13.6. The highest BCUT2D eigenvalue weighted by Crippen LogP contribution is 2.24. The summed E-state index contributed by atoms with van der Waals surface area (Å²) >= 11 is 0. The third-order valence-corrected chi connectivity index (χ3v) is 2.88. The van der Waals surface area contributed by atoms with E-state index in [4.69, 9.17) is 4.42 Å². The second-order valence-electron chi connectivity index (χ2n) is 5.24. The number of hydrogen-bond acceptors (Lipinski definition) is 3. The predicted octanol–water partition coefficient (Wildman–Crippen LogP) is 2.89. The molecule has 0 atom stereocenters. The molecule has 0 aliphatic heterocycles. The van der Waals surface area contributed by atoms with Gasteiger partial charge in [0.05, 0.1) is 5.56 Å². The van der Waals surface area contributed by atoms with E-state index in [9.17, 15) is 14.0 Å². The van der Waals surface area contributed by atoms with Gasteiger partial charge in [-0.05, 0) is 30.2 Å². The lowest BCUT2D eigenvalue weighted by Gasteiger charge is -2.07. The summed E-state index contributed by atoms with van der Waals surface area (Å²) in [5, 5.41) is 0. The first kappa shape index (κ1) is 15.8. The van der Waals surface area contributed by atoms with Crippen LogP contribution in [0.4, 0.5) is 4.39 Å². The van der Waals surface area contributed by atoms with E-state index in [1.807, 2.05) is 13.8 Å². The van der Waals surface area contributed by atoms with E-state index in [0.29, 0.717) is 6.42 Å². The Bertz CT molecular complexity index is 680. The highest BCUT2D eigenvalue weighted by atomic mass is 19.1. The lowest BCUT2D eigenvalue weighted by molar-refractivity contribution is -0.122. The van der Waals surface area contributed by atoms with Crippen molar-refractivity contribution < 1.29 is 18.4 Å². The zero-order valence-corrected chi connectivity index (χ0v) is 12.4.